The van der Waals surface area contributed by atoms with E-state index in [9.17, 15) is 5.11 Å². The molecule has 2 aromatic carbocycles. The Morgan fingerprint density at radius 2 is 1.85 bits per heavy atom. The van der Waals surface area contributed by atoms with E-state index in [2.05, 4.69) is 41.1 Å². The van der Waals surface area contributed by atoms with Crippen LogP contribution >= 0.6 is 0 Å². The van der Waals surface area contributed by atoms with E-state index in [1.165, 1.54) is 10.5 Å². The molecule has 1 fully saturated rings. The van der Waals surface area contributed by atoms with Crippen molar-refractivity contribution in [2.45, 2.75) is 19.9 Å². The number of piperazine rings is 1. The number of aryl methyl sites for hydroxylation is 1. The average molecular weight is 365 g/mol. The van der Waals surface area contributed by atoms with Gasteiger partial charge in [-0.25, -0.2) is 0 Å². The number of rotatable bonds is 4. The van der Waals surface area contributed by atoms with Gasteiger partial charge in [0.2, 0.25) is 5.89 Å². The van der Waals surface area contributed by atoms with Crippen molar-refractivity contribution in [1.29, 1.82) is 0 Å². The standard InChI is InChI=1S/C21H24N4O2/c1-15-6-5-7-17(14-15)21-23-22-20(27-21)16(2)24-10-12-25(13-11-24)18-8-3-4-9-19(18)26/h3-9,14,16,26H,10-13H2,1-2H3/p+1/t16-/m1/s1. The third-order valence-electron chi connectivity index (χ3n) is 5.32. The molecule has 1 saturated heterocycles. The first-order valence-corrected chi connectivity index (χ1v) is 9.40. The van der Waals surface area contributed by atoms with Crippen molar-refractivity contribution in [2.24, 2.45) is 0 Å². The quantitative estimate of drug-likeness (QED) is 0.742. The van der Waals surface area contributed by atoms with Crippen LogP contribution in [0.15, 0.2) is 52.9 Å². The molecule has 27 heavy (non-hydrogen) atoms. The zero-order chi connectivity index (χ0) is 18.8. The number of nitrogens with one attached hydrogen (secondary N) is 1. The van der Waals surface area contributed by atoms with Crippen LogP contribution in [0.3, 0.4) is 0 Å². The maximum absolute atomic E-state index is 10.1. The number of anilines is 1. The van der Waals surface area contributed by atoms with Gasteiger partial charge in [0.1, 0.15) is 5.75 Å². The molecular weight excluding hydrogens is 340 g/mol. The van der Waals surface area contributed by atoms with E-state index in [1.54, 1.807) is 6.07 Å². The first-order chi connectivity index (χ1) is 13.1. The van der Waals surface area contributed by atoms with Crippen molar-refractivity contribution in [2.75, 3.05) is 31.1 Å². The normalized spacial score (nSPS) is 16.4. The third kappa shape index (κ3) is 3.66. The lowest BCUT2D eigenvalue weighted by Crippen LogP contribution is -3.14. The molecule has 0 amide bonds. The molecule has 1 aliphatic rings. The molecule has 6 heteroatoms. The van der Waals surface area contributed by atoms with Crippen LogP contribution in [-0.2, 0) is 0 Å². The Morgan fingerprint density at radius 3 is 2.59 bits per heavy atom. The second kappa shape index (κ2) is 7.40. The molecule has 1 aliphatic heterocycles. The van der Waals surface area contributed by atoms with E-state index in [0.29, 0.717) is 17.5 Å². The number of quaternary nitrogens is 1. The van der Waals surface area contributed by atoms with Crippen molar-refractivity contribution >= 4 is 5.69 Å². The Kier molecular flexibility index (Phi) is 4.81. The highest BCUT2D eigenvalue weighted by atomic mass is 16.4. The number of para-hydroxylation sites is 2. The molecular formula is C21H25N4O2+. The second-order valence-corrected chi connectivity index (χ2v) is 7.17. The fourth-order valence-corrected chi connectivity index (χ4v) is 3.68. The van der Waals surface area contributed by atoms with Crippen LogP contribution in [0.4, 0.5) is 5.69 Å². The van der Waals surface area contributed by atoms with Crippen LogP contribution in [0.25, 0.3) is 11.5 Å². The highest BCUT2D eigenvalue weighted by Gasteiger charge is 2.30. The predicted octanol–water partition coefficient (Wildman–Crippen LogP) is 2.22. The van der Waals surface area contributed by atoms with Gasteiger partial charge in [0.25, 0.3) is 5.89 Å². The molecule has 0 radical (unpaired) electrons. The number of hydrogen-bond donors (Lipinski definition) is 2. The zero-order valence-corrected chi connectivity index (χ0v) is 15.7. The molecule has 140 valence electrons. The van der Waals surface area contributed by atoms with Gasteiger partial charge in [0, 0.05) is 5.56 Å². The minimum atomic E-state index is 0.141. The lowest BCUT2D eigenvalue weighted by molar-refractivity contribution is -0.931. The molecule has 0 saturated carbocycles. The lowest BCUT2D eigenvalue weighted by atomic mass is 10.1. The van der Waals surface area contributed by atoms with Crippen LogP contribution in [-0.4, -0.2) is 41.5 Å². The zero-order valence-electron chi connectivity index (χ0n) is 15.7. The first-order valence-electron chi connectivity index (χ1n) is 9.40. The smallest absolute Gasteiger partial charge is 0.274 e. The fraction of sp³-hybridized carbons (Fsp3) is 0.333. The molecule has 2 heterocycles. The molecule has 0 spiro atoms. The van der Waals surface area contributed by atoms with E-state index in [4.69, 9.17) is 4.42 Å². The predicted molar refractivity (Wildman–Crippen MR) is 104 cm³/mol. The van der Waals surface area contributed by atoms with Crippen LogP contribution < -0.4 is 9.80 Å². The van der Waals surface area contributed by atoms with Gasteiger partial charge in [-0.1, -0.05) is 29.8 Å². The van der Waals surface area contributed by atoms with Gasteiger partial charge in [0.05, 0.1) is 31.9 Å². The number of nitrogens with zero attached hydrogens (tertiary/aromatic N) is 3. The van der Waals surface area contributed by atoms with Crippen molar-refractivity contribution in [3.63, 3.8) is 0 Å². The van der Waals surface area contributed by atoms with E-state index in [-0.39, 0.29) is 6.04 Å². The lowest BCUT2D eigenvalue weighted by Gasteiger charge is -2.35. The largest absolute Gasteiger partial charge is 0.506 e. The van der Waals surface area contributed by atoms with Gasteiger partial charge in [-0.05, 0) is 38.1 Å². The molecule has 2 N–H and O–H groups in total. The number of phenolic OH excluding ortho intramolecular Hbond substituents is 1. The summed E-state index contributed by atoms with van der Waals surface area (Å²) in [5, 5.41) is 18.6. The van der Waals surface area contributed by atoms with Gasteiger partial charge in [-0.15, -0.1) is 10.2 Å². The van der Waals surface area contributed by atoms with Crippen molar-refractivity contribution in [3.05, 3.63) is 60.0 Å². The molecule has 0 unspecified atom stereocenters. The summed E-state index contributed by atoms with van der Waals surface area (Å²) in [7, 11) is 0. The van der Waals surface area contributed by atoms with E-state index in [0.717, 1.165) is 37.4 Å². The minimum Gasteiger partial charge on any atom is -0.506 e. The maximum atomic E-state index is 10.1. The summed E-state index contributed by atoms with van der Waals surface area (Å²) in [6.45, 7) is 7.87. The summed E-state index contributed by atoms with van der Waals surface area (Å²) in [6, 6.07) is 15.8. The van der Waals surface area contributed by atoms with Gasteiger partial charge in [0.15, 0.2) is 6.04 Å². The number of hydrogen-bond acceptors (Lipinski definition) is 5. The Labute approximate surface area is 159 Å². The van der Waals surface area contributed by atoms with E-state index < -0.39 is 0 Å². The van der Waals surface area contributed by atoms with Crippen molar-refractivity contribution < 1.29 is 14.4 Å². The SMILES string of the molecule is Cc1cccc(-c2nnc([C@@H](C)[NH+]3CCN(c4ccccc4O)CC3)o2)c1. The highest BCUT2D eigenvalue weighted by Crippen LogP contribution is 2.26. The monoisotopic (exact) mass is 365 g/mol. The average Bonchev–Trinajstić information content (AvgIpc) is 3.18. The number of benzene rings is 2. The molecule has 1 aromatic heterocycles. The number of aromatic nitrogens is 2. The summed E-state index contributed by atoms with van der Waals surface area (Å²) in [5.74, 6) is 1.60. The molecule has 1 atom stereocenters. The van der Waals surface area contributed by atoms with Gasteiger partial charge < -0.3 is 19.3 Å². The van der Waals surface area contributed by atoms with Gasteiger partial charge >= 0.3 is 0 Å². The fourth-order valence-electron chi connectivity index (χ4n) is 3.68. The Morgan fingerprint density at radius 1 is 1.07 bits per heavy atom. The number of phenols is 1. The van der Waals surface area contributed by atoms with Crippen molar-refractivity contribution in [1.82, 2.24) is 10.2 Å². The molecule has 6 nitrogen and oxygen atoms in total. The Balaban J connectivity index is 1.43. The van der Waals surface area contributed by atoms with E-state index in [1.807, 2.05) is 30.3 Å². The molecule has 0 aliphatic carbocycles. The van der Waals surface area contributed by atoms with Crippen molar-refractivity contribution in [3.8, 4) is 17.2 Å². The molecule has 3 aromatic rings. The third-order valence-corrected chi connectivity index (χ3v) is 5.32. The maximum Gasteiger partial charge on any atom is 0.274 e. The van der Waals surface area contributed by atoms with E-state index >= 15 is 0 Å². The van der Waals surface area contributed by atoms with Crippen LogP contribution in [0.2, 0.25) is 0 Å². The summed E-state index contributed by atoms with van der Waals surface area (Å²) in [6.07, 6.45) is 0. The van der Waals surface area contributed by atoms with Crippen LogP contribution in [0.1, 0.15) is 24.4 Å². The summed E-state index contributed by atoms with van der Waals surface area (Å²) >= 11 is 0. The molecule has 4 rings (SSSR count). The summed E-state index contributed by atoms with van der Waals surface area (Å²) in [4.78, 5) is 3.65. The van der Waals surface area contributed by atoms with Crippen LogP contribution in [0.5, 0.6) is 5.75 Å². The molecule has 0 bridgehead atoms. The highest BCUT2D eigenvalue weighted by molar-refractivity contribution is 5.57. The number of aromatic hydroxyl groups is 1. The Bertz CT molecular complexity index is 916. The Hall–Kier alpha value is -2.86. The van der Waals surface area contributed by atoms with Crippen LogP contribution in [0, 0.1) is 6.92 Å². The first kappa shape index (κ1) is 17.5. The minimum absolute atomic E-state index is 0.141. The van der Waals surface area contributed by atoms with Gasteiger partial charge in [-0.2, -0.15) is 0 Å². The second-order valence-electron chi connectivity index (χ2n) is 7.17. The topological polar surface area (TPSA) is 66.8 Å². The van der Waals surface area contributed by atoms with Gasteiger partial charge in [-0.3, -0.25) is 0 Å². The summed E-state index contributed by atoms with van der Waals surface area (Å²) in [5.41, 5.74) is 3.04. The summed E-state index contributed by atoms with van der Waals surface area (Å²) < 4.78 is 5.97.